The second-order valence-corrected chi connectivity index (χ2v) is 4.17. The lowest BCUT2D eigenvalue weighted by molar-refractivity contribution is 0.160. The molecule has 0 N–H and O–H groups in total. The van der Waals surface area contributed by atoms with Crippen molar-refractivity contribution >= 4 is 6.09 Å². The number of rotatable bonds is 3. The maximum absolute atomic E-state index is 13.0. The number of nitrogens with zero attached hydrogens (tertiary/aromatic N) is 1. The molecule has 98 valence electrons. The van der Waals surface area contributed by atoms with E-state index in [-0.39, 0.29) is 5.82 Å². The van der Waals surface area contributed by atoms with Crippen LogP contribution in [0.15, 0.2) is 54.6 Å². The molecule has 0 saturated heterocycles. The summed E-state index contributed by atoms with van der Waals surface area (Å²) in [6.07, 6.45) is -0.476. The van der Waals surface area contributed by atoms with Gasteiger partial charge in [0.1, 0.15) is 11.6 Å². The van der Waals surface area contributed by atoms with Crippen LogP contribution in [0.1, 0.15) is 5.56 Å². The number of amides is 1. The molecule has 19 heavy (non-hydrogen) atoms. The van der Waals surface area contributed by atoms with Crippen LogP contribution in [-0.4, -0.2) is 18.0 Å². The molecule has 3 nitrogen and oxygen atoms in total. The number of ether oxygens (including phenoxy) is 1. The highest BCUT2D eigenvalue weighted by Crippen LogP contribution is 2.11. The number of hydrogen-bond acceptors (Lipinski definition) is 2. The number of halogens is 1. The van der Waals surface area contributed by atoms with Gasteiger partial charge in [0.2, 0.25) is 0 Å². The van der Waals surface area contributed by atoms with Crippen LogP contribution < -0.4 is 4.74 Å². The Balaban J connectivity index is 1.96. The SMILES string of the molecule is CN(Cc1cccc(F)c1)C(=O)Oc1ccccc1. The first-order chi connectivity index (χ1) is 9.15. The molecule has 2 rings (SSSR count). The van der Waals surface area contributed by atoms with Gasteiger partial charge in [-0.1, -0.05) is 30.3 Å². The van der Waals surface area contributed by atoms with Crippen molar-refractivity contribution in [3.05, 3.63) is 66.0 Å². The highest BCUT2D eigenvalue weighted by Gasteiger charge is 2.11. The summed E-state index contributed by atoms with van der Waals surface area (Å²) in [5.41, 5.74) is 0.715. The molecule has 0 bridgehead atoms. The van der Waals surface area contributed by atoms with Gasteiger partial charge in [-0.25, -0.2) is 9.18 Å². The van der Waals surface area contributed by atoms with Crippen molar-refractivity contribution in [3.63, 3.8) is 0 Å². The minimum Gasteiger partial charge on any atom is -0.410 e. The first-order valence-corrected chi connectivity index (χ1v) is 5.87. The molecular weight excluding hydrogens is 245 g/mol. The molecule has 0 heterocycles. The van der Waals surface area contributed by atoms with E-state index in [0.717, 1.165) is 0 Å². The fourth-order valence-electron chi connectivity index (χ4n) is 1.64. The zero-order valence-corrected chi connectivity index (χ0v) is 10.5. The third kappa shape index (κ3) is 3.81. The fourth-order valence-corrected chi connectivity index (χ4v) is 1.64. The second-order valence-electron chi connectivity index (χ2n) is 4.17. The van der Waals surface area contributed by atoms with Crippen molar-refractivity contribution in [1.82, 2.24) is 4.90 Å². The van der Waals surface area contributed by atoms with Crippen LogP contribution in [0.25, 0.3) is 0 Å². The number of carbonyl (C=O) groups is 1. The van der Waals surface area contributed by atoms with Gasteiger partial charge in [0, 0.05) is 13.6 Å². The van der Waals surface area contributed by atoms with Crippen LogP contribution in [0.2, 0.25) is 0 Å². The Labute approximate surface area is 111 Å². The Hall–Kier alpha value is -2.36. The molecule has 0 aliphatic carbocycles. The van der Waals surface area contributed by atoms with Crippen molar-refractivity contribution in [2.45, 2.75) is 6.54 Å². The van der Waals surface area contributed by atoms with E-state index in [4.69, 9.17) is 4.74 Å². The van der Waals surface area contributed by atoms with Crippen molar-refractivity contribution < 1.29 is 13.9 Å². The summed E-state index contributed by atoms with van der Waals surface area (Å²) >= 11 is 0. The summed E-state index contributed by atoms with van der Waals surface area (Å²) in [5.74, 6) is 0.168. The highest BCUT2D eigenvalue weighted by molar-refractivity contribution is 5.70. The normalized spacial score (nSPS) is 10.0. The molecule has 1 amide bonds. The van der Waals surface area contributed by atoms with Gasteiger partial charge < -0.3 is 9.64 Å². The minimum absolute atomic E-state index is 0.295. The van der Waals surface area contributed by atoms with Crippen LogP contribution in [0.4, 0.5) is 9.18 Å². The zero-order chi connectivity index (χ0) is 13.7. The zero-order valence-electron chi connectivity index (χ0n) is 10.5. The second kappa shape index (κ2) is 6.00. The van der Waals surface area contributed by atoms with Gasteiger partial charge >= 0.3 is 6.09 Å². The molecule has 0 fully saturated rings. The summed E-state index contributed by atoms with van der Waals surface area (Å²) in [5, 5.41) is 0. The van der Waals surface area contributed by atoms with E-state index < -0.39 is 6.09 Å². The number of hydrogen-bond donors (Lipinski definition) is 0. The van der Waals surface area contributed by atoms with Crippen molar-refractivity contribution in [2.75, 3.05) is 7.05 Å². The topological polar surface area (TPSA) is 29.5 Å². The number of benzene rings is 2. The molecule has 2 aromatic carbocycles. The van der Waals surface area contributed by atoms with Gasteiger partial charge in [0.25, 0.3) is 0 Å². The largest absolute Gasteiger partial charge is 0.415 e. The summed E-state index contributed by atoms with van der Waals surface area (Å²) in [7, 11) is 1.61. The molecule has 0 aliphatic heterocycles. The Morgan fingerprint density at radius 2 is 1.89 bits per heavy atom. The van der Waals surface area contributed by atoms with E-state index in [0.29, 0.717) is 17.9 Å². The van der Waals surface area contributed by atoms with Crippen LogP contribution in [-0.2, 0) is 6.54 Å². The molecular formula is C15H14FNO2. The lowest BCUT2D eigenvalue weighted by atomic mass is 10.2. The van der Waals surface area contributed by atoms with Gasteiger partial charge in [-0.3, -0.25) is 0 Å². The molecule has 0 aliphatic rings. The fraction of sp³-hybridized carbons (Fsp3) is 0.133. The van der Waals surface area contributed by atoms with Crippen molar-refractivity contribution in [3.8, 4) is 5.75 Å². The molecule has 4 heteroatoms. The smallest absolute Gasteiger partial charge is 0.410 e. The molecule has 0 saturated carbocycles. The van der Waals surface area contributed by atoms with Crippen LogP contribution in [0.5, 0.6) is 5.75 Å². The van der Waals surface area contributed by atoms with Gasteiger partial charge in [0.05, 0.1) is 0 Å². The maximum Gasteiger partial charge on any atom is 0.415 e. The number of para-hydroxylation sites is 1. The van der Waals surface area contributed by atoms with E-state index >= 15 is 0 Å². The molecule has 0 aromatic heterocycles. The van der Waals surface area contributed by atoms with E-state index in [1.54, 1.807) is 43.4 Å². The van der Waals surface area contributed by atoms with Crippen molar-refractivity contribution in [2.24, 2.45) is 0 Å². The van der Waals surface area contributed by atoms with E-state index in [1.807, 2.05) is 6.07 Å². The van der Waals surface area contributed by atoms with Gasteiger partial charge in [0.15, 0.2) is 0 Å². The predicted molar refractivity (Wildman–Crippen MR) is 70.3 cm³/mol. The number of carbonyl (C=O) groups excluding carboxylic acids is 1. The van der Waals surface area contributed by atoms with E-state index in [9.17, 15) is 9.18 Å². The first-order valence-electron chi connectivity index (χ1n) is 5.87. The molecule has 0 unspecified atom stereocenters. The molecule has 0 radical (unpaired) electrons. The summed E-state index contributed by atoms with van der Waals surface area (Å²) < 4.78 is 18.2. The summed E-state index contributed by atoms with van der Waals surface area (Å²) in [4.78, 5) is 13.2. The third-order valence-corrected chi connectivity index (χ3v) is 2.57. The lowest BCUT2D eigenvalue weighted by Gasteiger charge is -2.16. The van der Waals surface area contributed by atoms with Crippen LogP contribution in [0.3, 0.4) is 0 Å². The summed E-state index contributed by atoms with van der Waals surface area (Å²) in [6, 6.07) is 15.0. The van der Waals surface area contributed by atoms with Crippen molar-refractivity contribution in [1.29, 1.82) is 0 Å². The first kappa shape index (κ1) is 13.1. The lowest BCUT2D eigenvalue weighted by Crippen LogP contribution is -2.29. The average Bonchev–Trinajstić information content (AvgIpc) is 2.40. The third-order valence-electron chi connectivity index (χ3n) is 2.57. The monoisotopic (exact) mass is 259 g/mol. The van der Waals surface area contributed by atoms with Gasteiger partial charge in [-0.2, -0.15) is 0 Å². The highest BCUT2D eigenvalue weighted by atomic mass is 19.1. The quantitative estimate of drug-likeness (QED) is 0.844. The molecule has 2 aromatic rings. The minimum atomic E-state index is -0.476. The standard InChI is InChI=1S/C15H14FNO2/c1-17(11-12-6-5-7-13(16)10-12)15(18)19-14-8-3-2-4-9-14/h2-10H,11H2,1H3. The Kier molecular flexibility index (Phi) is 4.13. The summed E-state index contributed by atoms with van der Waals surface area (Å²) in [6.45, 7) is 0.295. The Morgan fingerprint density at radius 1 is 1.16 bits per heavy atom. The van der Waals surface area contributed by atoms with Gasteiger partial charge in [-0.05, 0) is 29.8 Å². The van der Waals surface area contributed by atoms with Gasteiger partial charge in [-0.15, -0.1) is 0 Å². The molecule has 0 atom stereocenters. The van der Waals surface area contributed by atoms with E-state index in [2.05, 4.69) is 0 Å². The van der Waals surface area contributed by atoms with Crippen LogP contribution in [0, 0.1) is 5.82 Å². The Morgan fingerprint density at radius 3 is 2.58 bits per heavy atom. The van der Waals surface area contributed by atoms with E-state index in [1.165, 1.54) is 17.0 Å². The van der Waals surface area contributed by atoms with Crippen LogP contribution >= 0.6 is 0 Å². The average molecular weight is 259 g/mol. The maximum atomic E-state index is 13.0. The molecule has 0 spiro atoms. The Bertz CT molecular complexity index is 557. The predicted octanol–water partition coefficient (Wildman–Crippen LogP) is 3.46.